The monoisotopic (exact) mass is 384 g/mol. The lowest BCUT2D eigenvalue weighted by Crippen LogP contribution is -2.23. The fourth-order valence-corrected chi connectivity index (χ4v) is 3.88. The van der Waals surface area contributed by atoms with E-state index < -0.39 is 17.7 Å². The summed E-state index contributed by atoms with van der Waals surface area (Å²) in [5.41, 5.74) is 0.444. The molecule has 4 rings (SSSR count). The Morgan fingerprint density at radius 2 is 1.89 bits per heavy atom. The topological polar surface area (TPSA) is 55.1 Å². The van der Waals surface area contributed by atoms with Gasteiger partial charge in [-0.15, -0.1) is 11.3 Å². The van der Waals surface area contributed by atoms with Crippen molar-refractivity contribution in [1.29, 1.82) is 0 Å². The summed E-state index contributed by atoms with van der Waals surface area (Å²) in [6.07, 6.45) is -0.0546. The van der Waals surface area contributed by atoms with Crippen LogP contribution in [0, 0.1) is 11.6 Å². The van der Waals surface area contributed by atoms with E-state index in [1.165, 1.54) is 22.2 Å². The third-order valence-electron chi connectivity index (χ3n) is 4.26. The maximum absolute atomic E-state index is 13.8. The van der Waals surface area contributed by atoms with Crippen LogP contribution in [0.25, 0.3) is 20.7 Å². The minimum atomic E-state index is -1.37. The van der Waals surface area contributed by atoms with E-state index in [1.807, 2.05) is 30.3 Å². The van der Waals surface area contributed by atoms with Gasteiger partial charge in [0.25, 0.3) is 5.56 Å². The van der Waals surface area contributed by atoms with Crippen LogP contribution in [0.1, 0.15) is 11.7 Å². The molecular formula is C20H14F2N2O2S. The van der Waals surface area contributed by atoms with Gasteiger partial charge in [-0.2, -0.15) is 0 Å². The predicted octanol–water partition coefficient (Wildman–Crippen LogP) is 4.14. The van der Waals surface area contributed by atoms with Crippen LogP contribution in [0.5, 0.6) is 0 Å². The van der Waals surface area contributed by atoms with Gasteiger partial charge >= 0.3 is 0 Å². The van der Waals surface area contributed by atoms with Gasteiger partial charge in [0.15, 0.2) is 0 Å². The molecule has 27 heavy (non-hydrogen) atoms. The fourth-order valence-electron chi connectivity index (χ4n) is 2.89. The lowest BCUT2D eigenvalue weighted by atomic mass is 10.1. The van der Waals surface area contributed by atoms with Crippen molar-refractivity contribution in [3.05, 3.63) is 88.5 Å². The van der Waals surface area contributed by atoms with E-state index in [-0.39, 0.29) is 17.7 Å². The molecule has 1 N–H and O–H groups in total. The van der Waals surface area contributed by atoms with Crippen molar-refractivity contribution in [2.75, 3.05) is 0 Å². The second-order valence-electron chi connectivity index (χ2n) is 6.08. The Morgan fingerprint density at radius 3 is 2.67 bits per heavy atom. The first kappa shape index (κ1) is 17.5. The summed E-state index contributed by atoms with van der Waals surface area (Å²) in [7, 11) is 0. The van der Waals surface area contributed by atoms with Crippen LogP contribution in [0.2, 0.25) is 0 Å². The third kappa shape index (κ3) is 3.39. The Labute approximate surface area is 157 Å². The van der Waals surface area contributed by atoms with Gasteiger partial charge in [-0.25, -0.2) is 13.8 Å². The number of halogens is 2. The molecule has 0 amide bonds. The molecule has 0 spiro atoms. The second kappa shape index (κ2) is 7.02. The van der Waals surface area contributed by atoms with Gasteiger partial charge in [0.1, 0.15) is 16.5 Å². The molecule has 0 radical (unpaired) electrons. The molecule has 2 aromatic carbocycles. The Hall–Kier alpha value is -2.90. The lowest BCUT2D eigenvalue weighted by molar-refractivity contribution is 0.150. The molecule has 1 atom stereocenters. The van der Waals surface area contributed by atoms with Crippen LogP contribution in [0.3, 0.4) is 0 Å². The van der Waals surface area contributed by atoms with Gasteiger partial charge in [-0.05, 0) is 29.8 Å². The van der Waals surface area contributed by atoms with Crippen molar-refractivity contribution in [1.82, 2.24) is 9.55 Å². The van der Waals surface area contributed by atoms with Crippen LogP contribution < -0.4 is 5.56 Å². The first-order chi connectivity index (χ1) is 13.0. The average molecular weight is 384 g/mol. The normalized spacial score (nSPS) is 12.4. The second-order valence-corrected chi connectivity index (χ2v) is 7.11. The zero-order valence-corrected chi connectivity index (χ0v) is 14.8. The standard InChI is InChI=1S/C20H14F2N2O2S/c21-13-6-7-16(22)14(8-13)17(25)10-24-11-23-19-15(20(24)26)9-18(27-19)12-4-2-1-3-5-12/h1-9,11,17,25H,10H2. The SMILES string of the molecule is O=c1c2cc(-c3ccccc3)sc2ncn1CC(O)c1cc(F)ccc1F. The quantitative estimate of drug-likeness (QED) is 0.575. The number of aliphatic hydroxyl groups excluding tert-OH is 1. The molecule has 136 valence electrons. The highest BCUT2D eigenvalue weighted by molar-refractivity contribution is 7.21. The molecule has 0 aliphatic heterocycles. The first-order valence-electron chi connectivity index (χ1n) is 8.20. The number of aliphatic hydroxyl groups is 1. The van der Waals surface area contributed by atoms with E-state index >= 15 is 0 Å². The third-order valence-corrected chi connectivity index (χ3v) is 5.36. The summed E-state index contributed by atoms with van der Waals surface area (Å²) in [6, 6.07) is 14.2. The average Bonchev–Trinajstić information content (AvgIpc) is 3.12. The lowest BCUT2D eigenvalue weighted by Gasteiger charge is -2.13. The fraction of sp³-hybridized carbons (Fsp3) is 0.100. The molecule has 0 saturated carbocycles. The van der Waals surface area contributed by atoms with Crippen LogP contribution in [-0.2, 0) is 6.54 Å². The number of rotatable bonds is 4. The number of aromatic nitrogens is 2. The highest BCUT2D eigenvalue weighted by atomic mass is 32.1. The van der Waals surface area contributed by atoms with Gasteiger partial charge in [0.2, 0.25) is 0 Å². The van der Waals surface area contributed by atoms with Crippen molar-refractivity contribution >= 4 is 21.6 Å². The van der Waals surface area contributed by atoms with E-state index in [0.29, 0.717) is 10.2 Å². The van der Waals surface area contributed by atoms with Crippen molar-refractivity contribution in [3.63, 3.8) is 0 Å². The van der Waals surface area contributed by atoms with Gasteiger partial charge in [-0.3, -0.25) is 9.36 Å². The van der Waals surface area contributed by atoms with E-state index in [0.717, 1.165) is 28.6 Å². The van der Waals surface area contributed by atoms with E-state index in [2.05, 4.69) is 4.98 Å². The Balaban J connectivity index is 1.70. The van der Waals surface area contributed by atoms with Crippen molar-refractivity contribution in [2.24, 2.45) is 0 Å². The highest BCUT2D eigenvalue weighted by Gasteiger charge is 2.17. The first-order valence-corrected chi connectivity index (χ1v) is 9.02. The van der Waals surface area contributed by atoms with Crippen LogP contribution >= 0.6 is 11.3 Å². The van der Waals surface area contributed by atoms with Gasteiger partial charge in [0.05, 0.1) is 24.4 Å². The molecule has 0 aliphatic carbocycles. The minimum absolute atomic E-state index is 0.197. The molecule has 4 nitrogen and oxygen atoms in total. The van der Waals surface area contributed by atoms with E-state index in [9.17, 15) is 18.7 Å². The van der Waals surface area contributed by atoms with Crippen molar-refractivity contribution in [3.8, 4) is 10.4 Å². The zero-order chi connectivity index (χ0) is 19.0. The number of thiophene rings is 1. The maximum Gasteiger partial charge on any atom is 0.262 e. The van der Waals surface area contributed by atoms with Crippen LogP contribution in [0.15, 0.2) is 65.7 Å². The molecule has 1 unspecified atom stereocenters. The highest BCUT2D eigenvalue weighted by Crippen LogP contribution is 2.30. The molecular weight excluding hydrogens is 370 g/mol. The molecule has 4 aromatic rings. The molecule has 2 aromatic heterocycles. The Morgan fingerprint density at radius 1 is 1.11 bits per heavy atom. The molecule has 0 fully saturated rings. The number of hydrogen-bond donors (Lipinski definition) is 1. The van der Waals surface area contributed by atoms with Crippen LogP contribution in [0.4, 0.5) is 8.78 Å². The smallest absolute Gasteiger partial charge is 0.262 e. The predicted molar refractivity (Wildman–Crippen MR) is 101 cm³/mol. The summed E-state index contributed by atoms with van der Waals surface area (Å²) in [5, 5.41) is 10.7. The Kier molecular flexibility index (Phi) is 4.55. The van der Waals surface area contributed by atoms with Gasteiger partial charge in [-0.1, -0.05) is 30.3 Å². The van der Waals surface area contributed by atoms with Crippen LogP contribution in [-0.4, -0.2) is 14.7 Å². The summed E-state index contributed by atoms with van der Waals surface area (Å²) in [6.45, 7) is -0.224. The summed E-state index contributed by atoms with van der Waals surface area (Å²) in [4.78, 5) is 18.5. The molecule has 7 heteroatoms. The summed E-state index contributed by atoms with van der Waals surface area (Å²) in [5.74, 6) is -1.38. The molecule has 0 aliphatic rings. The molecule has 2 heterocycles. The van der Waals surface area contributed by atoms with E-state index in [4.69, 9.17) is 0 Å². The maximum atomic E-state index is 13.8. The number of fused-ring (bicyclic) bond motifs is 1. The van der Waals surface area contributed by atoms with Gasteiger partial charge < -0.3 is 5.11 Å². The number of nitrogens with zero attached hydrogens (tertiary/aromatic N) is 2. The summed E-state index contributed by atoms with van der Waals surface area (Å²) < 4.78 is 28.4. The molecule has 0 bridgehead atoms. The largest absolute Gasteiger partial charge is 0.386 e. The summed E-state index contributed by atoms with van der Waals surface area (Å²) >= 11 is 1.40. The van der Waals surface area contributed by atoms with Crippen molar-refractivity contribution in [2.45, 2.75) is 12.6 Å². The van der Waals surface area contributed by atoms with E-state index in [1.54, 1.807) is 6.07 Å². The molecule has 0 saturated heterocycles. The zero-order valence-electron chi connectivity index (χ0n) is 14.0. The number of benzene rings is 2. The number of hydrogen-bond acceptors (Lipinski definition) is 4. The minimum Gasteiger partial charge on any atom is -0.386 e. The van der Waals surface area contributed by atoms with Gasteiger partial charge in [0, 0.05) is 10.4 Å². The van der Waals surface area contributed by atoms with Crippen molar-refractivity contribution < 1.29 is 13.9 Å². The Bertz CT molecular complexity index is 1170.